The van der Waals surface area contributed by atoms with E-state index in [1.807, 2.05) is 0 Å². The molecule has 1 spiro atoms. The van der Waals surface area contributed by atoms with Gasteiger partial charge < -0.3 is 5.32 Å². The van der Waals surface area contributed by atoms with Crippen molar-refractivity contribution in [1.82, 2.24) is 5.32 Å². The molecule has 0 aromatic rings. The minimum atomic E-state index is -2.17. The molecule has 4 heteroatoms. The van der Waals surface area contributed by atoms with Gasteiger partial charge in [0, 0.05) is 27.8 Å². The summed E-state index contributed by atoms with van der Waals surface area (Å²) in [7, 11) is -2.17. The fourth-order valence-corrected chi connectivity index (χ4v) is 3.94. The number of hydrogen-bond acceptors (Lipinski definition) is 3. The molecule has 3 nitrogen and oxygen atoms in total. The topological polar surface area (TPSA) is 53.0 Å². The van der Waals surface area contributed by atoms with Crippen LogP contribution in [0.1, 0.15) is 19.3 Å². The van der Waals surface area contributed by atoms with Crippen LogP contribution in [0.2, 0.25) is 0 Å². The highest BCUT2D eigenvalue weighted by Gasteiger charge is 2.37. The first-order valence-electron chi connectivity index (χ1n) is 4.57. The standard InChI is InChI=1S/C8H16N2OS/c9-12(11)5-2-8(3-6-12)1-4-10-7-8/h9-10H,1-7H2. The molecule has 2 aliphatic heterocycles. The molecule has 2 N–H and O–H groups in total. The highest BCUT2D eigenvalue weighted by molar-refractivity contribution is 7.92. The maximum absolute atomic E-state index is 11.4. The molecule has 2 saturated heterocycles. The molecule has 2 rings (SSSR count). The van der Waals surface area contributed by atoms with Crippen molar-refractivity contribution in [3.8, 4) is 0 Å². The lowest BCUT2D eigenvalue weighted by Crippen LogP contribution is -2.34. The molecule has 2 heterocycles. The first-order chi connectivity index (χ1) is 5.62. The third-order valence-corrected chi connectivity index (χ3v) is 4.98. The second-order valence-corrected chi connectivity index (χ2v) is 6.59. The third-order valence-electron chi connectivity index (χ3n) is 3.26. The smallest absolute Gasteiger partial charge is 0.0441 e. The van der Waals surface area contributed by atoms with Crippen LogP contribution < -0.4 is 5.32 Å². The molecule has 0 aromatic heterocycles. The maximum Gasteiger partial charge on any atom is 0.0441 e. The molecule has 0 aromatic carbocycles. The van der Waals surface area contributed by atoms with E-state index in [2.05, 4.69) is 5.32 Å². The lowest BCUT2D eigenvalue weighted by Gasteiger charge is -2.33. The zero-order valence-corrected chi connectivity index (χ0v) is 8.08. The van der Waals surface area contributed by atoms with Crippen molar-refractivity contribution in [2.24, 2.45) is 5.41 Å². The van der Waals surface area contributed by atoms with Crippen LogP contribution in [0.5, 0.6) is 0 Å². The number of hydrogen-bond donors (Lipinski definition) is 2. The summed E-state index contributed by atoms with van der Waals surface area (Å²) < 4.78 is 18.9. The molecule has 0 unspecified atom stereocenters. The minimum absolute atomic E-state index is 0.419. The Bertz CT molecular complexity index is 249. The molecule has 0 amide bonds. The Hall–Kier alpha value is -0.0900. The molecule has 0 aliphatic carbocycles. The quantitative estimate of drug-likeness (QED) is 0.591. The summed E-state index contributed by atoms with van der Waals surface area (Å²) >= 11 is 0. The Labute approximate surface area is 73.9 Å². The molecule has 70 valence electrons. The Kier molecular flexibility index (Phi) is 1.92. The Morgan fingerprint density at radius 1 is 1.25 bits per heavy atom. The Balaban J connectivity index is 2.06. The summed E-state index contributed by atoms with van der Waals surface area (Å²) in [5, 5.41) is 3.36. The van der Waals surface area contributed by atoms with Gasteiger partial charge in [0.2, 0.25) is 0 Å². The fraction of sp³-hybridized carbons (Fsp3) is 1.00. The summed E-state index contributed by atoms with van der Waals surface area (Å²) in [6, 6.07) is 0. The number of nitrogens with one attached hydrogen (secondary N) is 2. The molecule has 0 saturated carbocycles. The summed E-state index contributed by atoms with van der Waals surface area (Å²) in [4.78, 5) is 0. The molecule has 0 bridgehead atoms. The van der Waals surface area contributed by atoms with E-state index in [1.165, 1.54) is 6.42 Å². The normalized spacial score (nSPS) is 48.3. The number of rotatable bonds is 0. The van der Waals surface area contributed by atoms with Gasteiger partial charge in [0.15, 0.2) is 0 Å². The molecule has 0 radical (unpaired) electrons. The summed E-state index contributed by atoms with van der Waals surface area (Å²) in [5.74, 6) is 1.27. The van der Waals surface area contributed by atoms with Crippen molar-refractivity contribution in [3.05, 3.63) is 0 Å². The van der Waals surface area contributed by atoms with E-state index < -0.39 is 9.73 Å². The van der Waals surface area contributed by atoms with Gasteiger partial charge >= 0.3 is 0 Å². The van der Waals surface area contributed by atoms with Crippen molar-refractivity contribution in [2.75, 3.05) is 24.6 Å². The van der Waals surface area contributed by atoms with Crippen LogP contribution >= 0.6 is 0 Å². The zero-order chi connectivity index (χ0) is 8.66. The third kappa shape index (κ3) is 1.50. The average molecular weight is 188 g/mol. The molecule has 2 aliphatic rings. The summed E-state index contributed by atoms with van der Waals surface area (Å²) in [6.45, 7) is 2.20. The van der Waals surface area contributed by atoms with Crippen LogP contribution in [0.25, 0.3) is 0 Å². The van der Waals surface area contributed by atoms with Crippen LogP contribution in [0, 0.1) is 10.2 Å². The van der Waals surface area contributed by atoms with Crippen LogP contribution in [0.4, 0.5) is 0 Å². The van der Waals surface area contributed by atoms with Crippen LogP contribution in [-0.4, -0.2) is 28.8 Å². The monoisotopic (exact) mass is 188 g/mol. The molecular formula is C8H16N2OS. The van der Waals surface area contributed by atoms with Crippen LogP contribution in [0.3, 0.4) is 0 Å². The van der Waals surface area contributed by atoms with Crippen molar-refractivity contribution in [1.29, 1.82) is 4.78 Å². The van der Waals surface area contributed by atoms with E-state index >= 15 is 0 Å². The van der Waals surface area contributed by atoms with E-state index in [0.717, 1.165) is 25.9 Å². The first-order valence-corrected chi connectivity index (χ1v) is 6.47. The van der Waals surface area contributed by atoms with Crippen molar-refractivity contribution in [2.45, 2.75) is 19.3 Å². The predicted molar refractivity (Wildman–Crippen MR) is 49.7 cm³/mol. The van der Waals surface area contributed by atoms with Gasteiger partial charge in [-0.1, -0.05) is 0 Å². The SMILES string of the molecule is N=S1(=O)CCC2(CCNC2)CC1. The minimum Gasteiger partial charge on any atom is -0.316 e. The van der Waals surface area contributed by atoms with Gasteiger partial charge in [0.05, 0.1) is 0 Å². The molecule has 0 atom stereocenters. The van der Waals surface area contributed by atoms with Gasteiger partial charge in [-0.2, -0.15) is 0 Å². The van der Waals surface area contributed by atoms with Crippen LogP contribution in [0.15, 0.2) is 0 Å². The largest absolute Gasteiger partial charge is 0.316 e. The second-order valence-electron chi connectivity index (χ2n) is 4.15. The van der Waals surface area contributed by atoms with Gasteiger partial charge in [-0.25, -0.2) is 4.21 Å². The lowest BCUT2D eigenvalue weighted by atomic mass is 9.81. The van der Waals surface area contributed by atoms with E-state index in [-0.39, 0.29) is 0 Å². The molecule has 2 fully saturated rings. The van der Waals surface area contributed by atoms with E-state index in [9.17, 15) is 4.21 Å². The highest BCUT2D eigenvalue weighted by atomic mass is 32.2. The van der Waals surface area contributed by atoms with Gasteiger partial charge in [-0.3, -0.25) is 4.78 Å². The molecular weight excluding hydrogens is 172 g/mol. The van der Waals surface area contributed by atoms with Crippen molar-refractivity contribution < 1.29 is 4.21 Å². The summed E-state index contributed by atoms with van der Waals surface area (Å²) in [5.41, 5.74) is 0.419. The van der Waals surface area contributed by atoms with Crippen LogP contribution in [-0.2, 0) is 9.73 Å². The summed E-state index contributed by atoms with van der Waals surface area (Å²) in [6.07, 6.45) is 3.23. The van der Waals surface area contributed by atoms with E-state index in [4.69, 9.17) is 4.78 Å². The molecule has 12 heavy (non-hydrogen) atoms. The highest BCUT2D eigenvalue weighted by Crippen LogP contribution is 2.37. The van der Waals surface area contributed by atoms with E-state index in [1.54, 1.807) is 0 Å². The second kappa shape index (κ2) is 2.70. The van der Waals surface area contributed by atoms with Gasteiger partial charge in [-0.15, -0.1) is 0 Å². The van der Waals surface area contributed by atoms with E-state index in [0.29, 0.717) is 16.9 Å². The Morgan fingerprint density at radius 2 is 1.92 bits per heavy atom. The van der Waals surface area contributed by atoms with Gasteiger partial charge in [-0.05, 0) is 31.2 Å². The lowest BCUT2D eigenvalue weighted by molar-refractivity contribution is 0.291. The Morgan fingerprint density at radius 3 is 2.42 bits per heavy atom. The fourth-order valence-electron chi connectivity index (χ4n) is 2.21. The van der Waals surface area contributed by atoms with Gasteiger partial charge in [0.25, 0.3) is 0 Å². The zero-order valence-electron chi connectivity index (χ0n) is 7.27. The van der Waals surface area contributed by atoms with Crippen molar-refractivity contribution >= 4 is 9.73 Å². The maximum atomic E-state index is 11.4. The first kappa shape index (κ1) is 8.51. The predicted octanol–water partition coefficient (Wildman–Crippen LogP) is 0.807. The van der Waals surface area contributed by atoms with Crippen molar-refractivity contribution in [3.63, 3.8) is 0 Å². The van der Waals surface area contributed by atoms with Gasteiger partial charge in [0.1, 0.15) is 0 Å². The average Bonchev–Trinajstić information content (AvgIpc) is 2.46.